The van der Waals surface area contributed by atoms with Crippen LogP contribution in [0.4, 0.5) is 19.1 Å². The van der Waals surface area contributed by atoms with Crippen molar-refractivity contribution in [2.45, 2.75) is 50.0 Å². The highest BCUT2D eigenvalue weighted by Crippen LogP contribution is 2.36. The van der Waals surface area contributed by atoms with Gasteiger partial charge in [-0.25, -0.2) is 9.67 Å². The zero-order chi connectivity index (χ0) is 20.4. The fraction of sp³-hybridized carbons (Fsp3) is 0.647. The van der Waals surface area contributed by atoms with Gasteiger partial charge < -0.3 is 19.5 Å². The third-order valence-corrected chi connectivity index (χ3v) is 4.97. The van der Waals surface area contributed by atoms with Crippen molar-refractivity contribution in [1.82, 2.24) is 24.7 Å². The lowest BCUT2D eigenvalue weighted by molar-refractivity contribution is -0.142. The van der Waals surface area contributed by atoms with Gasteiger partial charge in [0.05, 0.1) is 26.4 Å². The number of anilines is 1. The highest BCUT2D eigenvalue weighted by molar-refractivity contribution is 5.36. The Hall–Kier alpha value is -2.63. The van der Waals surface area contributed by atoms with Crippen LogP contribution in [-0.2, 0) is 10.9 Å². The van der Waals surface area contributed by atoms with Crippen molar-refractivity contribution in [3.8, 4) is 11.9 Å². The van der Waals surface area contributed by atoms with E-state index in [4.69, 9.17) is 14.2 Å². The second-order valence-corrected chi connectivity index (χ2v) is 7.06. The predicted octanol–water partition coefficient (Wildman–Crippen LogP) is 2.47. The SMILES string of the molecule is COc1ncn([C@@H]2CCC[C@@H](Nc3ncc(C(F)(F)F)c(OC4COC4)n3)C2)n1. The molecule has 0 bridgehead atoms. The number of hydrogen-bond acceptors (Lipinski definition) is 8. The molecule has 1 saturated heterocycles. The van der Waals surface area contributed by atoms with E-state index in [9.17, 15) is 13.2 Å². The minimum absolute atomic E-state index is 0.0134. The molecular weight excluding hydrogens is 393 g/mol. The summed E-state index contributed by atoms with van der Waals surface area (Å²) in [6, 6.07) is 0.392. The van der Waals surface area contributed by atoms with Crippen molar-refractivity contribution in [2.24, 2.45) is 0 Å². The summed E-state index contributed by atoms with van der Waals surface area (Å²) in [4.78, 5) is 11.9. The van der Waals surface area contributed by atoms with Gasteiger partial charge in [-0.2, -0.15) is 23.1 Å². The summed E-state index contributed by atoms with van der Waals surface area (Å²) in [5.41, 5.74) is -0.994. The number of nitrogens with zero attached hydrogens (tertiary/aromatic N) is 5. The second-order valence-electron chi connectivity index (χ2n) is 7.06. The third-order valence-electron chi connectivity index (χ3n) is 4.97. The van der Waals surface area contributed by atoms with Crippen molar-refractivity contribution in [3.05, 3.63) is 18.1 Å². The normalized spacial score (nSPS) is 22.8. The molecule has 12 heteroatoms. The van der Waals surface area contributed by atoms with Crippen LogP contribution in [-0.4, -0.2) is 57.2 Å². The maximum Gasteiger partial charge on any atom is 0.423 e. The Kier molecular flexibility index (Phi) is 5.43. The smallest absolute Gasteiger partial charge is 0.423 e. The Morgan fingerprint density at radius 3 is 2.72 bits per heavy atom. The van der Waals surface area contributed by atoms with Gasteiger partial charge in [-0.15, -0.1) is 5.10 Å². The summed E-state index contributed by atoms with van der Waals surface area (Å²) in [6.07, 6.45) is 0.756. The van der Waals surface area contributed by atoms with Crippen LogP contribution in [0.3, 0.4) is 0 Å². The lowest BCUT2D eigenvalue weighted by atomic mass is 9.91. The maximum absolute atomic E-state index is 13.2. The van der Waals surface area contributed by atoms with E-state index in [1.54, 1.807) is 11.0 Å². The number of rotatable bonds is 6. The summed E-state index contributed by atoms with van der Waals surface area (Å²) < 4.78 is 56.8. The lowest BCUT2D eigenvalue weighted by Gasteiger charge is -2.30. The molecule has 1 saturated carbocycles. The van der Waals surface area contributed by atoms with Crippen LogP contribution in [0.2, 0.25) is 0 Å². The average Bonchev–Trinajstić information content (AvgIpc) is 3.13. The fourth-order valence-corrected chi connectivity index (χ4v) is 3.41. The van der Waals surface area contributed by atoms with E-state index in [1.807, 2.05) is 0 Å². The number of nitrogens with one attached hydrogen (secondary N) is 1. The lowest BCUT2D eigenvalue weighted by Crippen LogP contribution is -2.39. The van der Waals surface area contributed by atoms with Gasteiger partial charge in [-0.3, -0.25) is 0 Å². The molecule has 2 aromatic heterocycles. The Bertz CT molecular complexity index is 842. The second kappa shape index (κ2) is 8.01. The van der Waals surface area contributed by atoms with E-state index in [2.05, 4.69) is 25.4 Å². The first-order valence-corrected chi connectivity index (χ1v) is 9.32. The molecular formula is C17H21F3N6O3. The highest BCUT2D eigenvalue weighted by atomic mass is 19.4. The molecule has 0 amide bonds. The van der Waals surface area contributed by atoms with E-state index >= 15 is 0 Å². The average molecular weight is 414 g/mol. The van der Waals surface area contributed by atoms with Crippen LogP contribution in [0.1, 0.15) is 37.3 Å². The van der Waals surface area contributed by atoms with Crippen LogP contribution in [0, 0.1) is 0 Å². The van der Waals surface area contributed by atoms with Crippen LogP contribution in [0.15, 0.2) is 12.5 Å². The number of halogens is 3. The fourth-order valence-electron chi connectivity index (χ4n) is 3.41. The highest BCUT2D eigenvalue weighted by Gasteiger charge is 2.38. The number of methoxy groups -OCH3 is 1. The number of hydrogen-bond donors (Lipinski definition) is 1. The molecule has 1 N–H and O–H groups in total. The minimum atomic E-state index is -4.60. The molecule has 1 aliphatic heterocycles. The van der Waals surface area contributed by atoms with Gasteiger partial charge in [0.25, 0.3) is 0 Å². The molecule has 2 atom stereocenters. The zero-order valence-electron chi connectivity index (χ0n) is 15.7. The van der Waals surface area contributed by atoms with Gasteiger partial charge in [0.1, 0.15) is 18.0 Å². The molecule has 4 rings (SSSR count). The molecule has 3 heterocycles. The Morgan fingerprint density at radius 1 is 1.24 bits per heavy atom. The maximum atomic E-state index is 13.2. The molecule has 2 aromatic rings. The van der Waals surface area contributed by atoms with Crippen molar-refractivity contribution >= 4 is 5.95 Å². The summed E-state index contributed by atoms with van der Waals surface area (Å²) in [5.74, 6) is -0.369. The molecule has 1 aliphatic carbocycles. The van der Waals surface area contributed by atoms with Gasteiger partial charge >= 0.3 is 12.2 Å². The molecule has 9 nitrogen and oxygen atoms in total. The molecule has 0 radical (unpaired) electrons. The molecule has 2 aliphatic rings. The first-order valence-electron chi connectivity index (χ1n) is 9.32. The molecule has 158 valence electrons. The summed E-state index contributed by atoms with van der Waals surface area (Å²) in [6.45, 7) is 0.492. The summed E-state index contributed by atoms with van der Waals surface area (Å²) in [7, 11) is 1.50. The molecule has 29 heavy (non-hydrogen) atoms. The number of ether oxygens (including phenoxy) is 3. The van der Waals surface area contributed by atoms with Gasteiger partial charge in [-0.1, -0.05) is 0 Å². The minimum Gasteiger partial charge on any atom is -0.469 e. The van der Waals surface area contributed by atoms with Crippen LogP contribution < -0.4 is 14.8 Å². The van der Waals surface area contributed by atoms with Crippen LogP contribution in [0.25, 0.3) is 0 Å². The van der Waals surface area contributed by atoms with E-state index < -0.39 is 23.7 Å². The predicted molar refractivity (Wildman–Crippen MR) is 93.8 cm³/mol. The monoisotopic (exact) mass is 414 g/mol. The van der Waals surface area contributed by atoms with Gasteiger partial charge in [0.2, 0.25) is 11.8 Å². The molecule has 0 aromatic carbocycles. The largest absolute Gasteiger partial charge is 0.469 e. The first kappa shape index (κ1) is 19.7. The quantitative estimate of drug-likeness (QED) is 0.770. The van der Waals surface area contributed by atoms with Crippen LogP contribution >= 0.6 is 0 Å². The topological polar surface area (TPSA) is 96.2 Å². The Morgan fingerprint density at radius 2 is 2.07 bits per heavy atom. The van der Waals surface area contributed by atoms with Gasteiger partial charge in [0.15, 0.2) is 0 Å². The van der Waals surface area contributed by atoms with E-state index in [0.717, 1.165) is 25.5 Å². The van der Waals surface area contributed by atoms with Crippen molar-refractivity contribution < 1.29 is 27.4 Å². The van der Waals surface area contributed by atoms with Crippen molar-refractivity contribution in [3.63, 3.8) is 0 Å². The standard InChI is InChI=1S/C17H21F3N6O3/c1-27-16-22-9-26(25-16)11-4-2-3-10(5-11)23-15-21-6-13(17(18,19)20)14(24-15)29-12-7-28-8-12/h6,9-12H,2-5,7-8H2,1H3,(H,21,23,24)/t10-,11-/m1/s1. The summed E-state index contributed by atoms with van der Waals surface area (Å²) in [5, 5.41) is 7.40. The molecule has 0 spiro atoms. The van der Waals surface area contributed by atoms with Gasteiger partial charge in [0, 0.05) is 12.2 Å². The summed E-state index contributed by atoms with van der Waals surface area (Å²) >= 11 is 0. The first-order chi connectivity index (χ1) is 13.9. The van der Waals surface area contributed by atoms with Gasteiger partial charge in [-0.05, 0) is 25.7 Å². The van der Waals surface area contributed by atoms with Crippen molar-refractivity contribution in [2.75, 3.05) is 25.6 Å². The Balaban J connectivity index is 1.47. The number of aromatic nitrogens is 5. The zero-order valence-corrected chi connectivity index (χ0v) is 15.7. The van der Waals surface area contributed by atoms with E-state index in [1.165, 1.54) is 7.11 Å². The molecule has 0 unspecified atom stereocenters. The van der Waals surface area contributed by atoms with Crippen LogP contribution in [0.5, 0.6) is 11.9 Å². The molecule has 2 fully saturated rings. The Labute approximate surface area is 164 Å². The van der Waals surface area contributed by atoms with E-state index in [-0.39, 0.29) is 31.2 Å². The van der Waals surface area contributed by atoms with E-state index in [0.29, 0.717) is 12.4 Å². The number of alkyl halides is 3. The third kappa shape index (κ3) is 4.52. The van der Waals surface area contributed by atoms with Crippen molar-refractivity contribution in [1.29, 1.82) is 0 Å².